The fourth-order valence-electron chi connectivity index (χ4n) is 2.96. The Morgan fingerprint density at radius 3 is 2.59 bits per heavy atom. The lowest BCUT2D eigenvalue weighted by Gasteiger charge is -2.29. The molecule has 2 aromatic carbocycles. The molecule has 0 saturated heterocycles. The van der Waals surface area contributed by atoms with Gasteiger partial charge in [0.2, 0.25) is 5.16 Å². The SMILES string of the molecule is Cc1ccccc1-c1nnc2n1N(C(=O)c1ccc([N+](=O)[O-])cc1)CCS2. The molecule has 136 valence electrons. The zero-order chi connectivity index (χ0) is 19.0. The van der Waals surface area contributed by atoms with Crippen LogP contribution in [0.2, 0.25) is 0 Å². The number of amides is 1. The van der Waals surface area contributed by atoms with Crippen LogP contribution in [-0.4, -0.2) is 38.0 Å². The zero-order valence-corrected chi connectivity index (χ0v) is 15.2. The molecule has 1 aliphatic heterocycles. The molecule has 0 saturated carbocycles. The smallest absolute Gasteiger partial charge is 0.267 e. The van der Waals surface area contributed by atoms with E-state index in [4.69, 9.17) is 0 Å². The first-order valence-corrected chi connectivity index (χ1v) is 9.25. The molecule has 0 radical (unpaired) electrons. The molecule has 9 heteroatoms. The number of hydrogen-bond donors (Lipinski definition) is 0. The van der Waals surface area contributed by atoms with E-state index in [1.54, 1.807) is 9.69 Å². The van der Waals surface area contributed by atoms with Gasteiger partial charge >= 0.3 is 0 Å². The first-order valence-electron chi connectivity index (χ1n) is 8.27. The topological polar surface area (TPSA) is 94.2 Å². The number of fused-ring (bicyclic) bond motifs is 1. The van der Waals surface area contributed by atoms with Crippen molar-refractivity contribution in [1.29, 1.82) is 0 Å². The van der Waals surface area contributed by atoms with E-state index >= 15 is 0 Å². The van der Waals surface area contributed by atoms with Crippen molar-refractivity contribution in [2.45, 2.75) is 12.1 Å². The Kier molecular flexibility index (Phi) is 4.36. The number of hydrogen-bond acceptors (Lipinski definition) is 6. The van der Waals surface area contributed by atoms with Crippen LogP contribution < -0.4 is 5.01 Å². The number of nitro groups is 1. The van der Waals surface area contributed by atoms with Crippen LogP contribution in [0.1, 0.15) is 15.9 Å². The molecular formula is C18H15N5O3S. The largest absolute Gasteiger partial charge is 0.272 e. The number of nitro benzene ring substituents is 1. The van der Waals surface area contributed by atoms with Crippen molar-refractivity contribution >= 4 is 23.4 Å². The lowest BCUT2D eigenvalue weighted by Crippen LogP contribution is -2.45. The third kappa shape index (κ3) is 3.06. The van der Waals surface area contributed by atoms with Crippen molar-refractivity contribution in [3.63, 3.8) is 0 Å². The van der Waals surface area contributed by atoms with E-state index in [0.717, 1.165) is 11.1 Å². The number of non-ortho nitro benzene ring substituents is 1. The lowest BCUT2D eigenvalue weighted by atomic mass is 10.1. The summed E-state index contributed by atoms with van der Waals surface area (Å²) in [6, 6.07) is 13.4. The van der Waals surface area contributed by atoms with Crippen LogP contribution >= 0.6 is 11.8 Å². The lowest BCUT2D eigenvalue weighted by molar-refractivity contribution is -0.384. The summed E-state index contributed by atoms with van der Waals surface area (Å²) in [7, 11) is 0. The summed E-state index contributed by atoms with van der Waals surface area (Å²) in [5.41, 5.74) is 2.26. The fraction of sp³-hybridized carbons (Fsp3) is 0.167. The molecule has 0 bridgehead atoms. The van der Waals surface area contributed by atoms with E-state index in [-0.39, 0.29) is 11.6 Å². The third-order valence-corrected chi connectivity index (χ3v) is 5.23. The molecule has 0 unspecified atom stereocenters. The van der Waals surface area contributed by atoms with Crippen LogP contribution in [0.25, 0.3) is 11.4 Å². The van der Waals surface area contributed by atoms with Gasteiger partial charge in [0, 0.05) is 29.0 Å². The minimum absolute atomic E-state index is 0.0497. The van der Waals surface area contributed by atoms with Gasteiger partial charge in [-0.2, -0.15) is 0 Å². The van der Waals surface area contributed by atoms with Crippen LogP contribution in [0.15, 0.2) is 53.7 Å². The second-order valence-electron chi connectivity index (χ2n) is 6.01. The highest BCUT2D eigenvalue weighted by Crippen LogP contribution is 2.30. The van der Waals surface area contributed by atoms with Gasteiger partial charge in [0.1, 0.15) is 0 Å². The Labute approximate surface area is 158 Å². The van der Waals surface area contributed by atoms with E-state index in [1.165, 1.54) is 36.0 Å². The number of carbonyl (C=O) groups excluding carboxylic acids is 1. The Balaban J connectivity index is 1.75. The van der Waals surface area contributed by atoms with Gasteiger partial charge in [-0.05, 0) is 24.6 Å². The molecule has 1 aromatic heterocycles. The van der Waals surface area contributed by atoms with Crippen molar-refractivity contribution in [2.24, 2.45) is 0 Å². The number of carbonyl (C=O) groups is 1. The van der Waals surface area contributed by atoms with Gasteiger partial charge in [-0.3, -0.25) is 14.9 Å². The monoisotopic (exact) mass is 381 g/mol. The third-order valence-electron chi connectivity index (χ3n) is 4.33. The first kappa shape index (κ1) is 17.2. The number of rotatable bonds is 3. The molecule has 3 aromatic rings. The Bertz CT molecular complexity index is 1030. The maximum absolute atomic E-state index is 13.1. The second kappa shape index (κ2) is 6.84. The zero-order valence-electron chi connectivity index (χ0n) is 14.4. The van der Waals surface area contributed by atoms with E-state index in [0.29, 0.717) is 28.8 Å². The van der Waals surface area contributed by atoms with E-state index < -0.39 is 4.92 Å². The van der Waals surface area contributed by atoms with Crippen LogP contribution in [-0.2, 0) is 0 Å². The molecule has 27 heavy (non-hydrogen) atoms. The Morgan fingerprint density at radius 1 is 1.15 bits per heavy atom. The summed E-state index contributed by atoms with van der Waals surface area (Å²) in [5, 5.41) is 21.6. The molecule has 0 aliphatic carbocycles. The van der Waals surface area contributed by atoms with Gasteiger partial charge in [-0.15, -0.1) is 10.2 Å². The molecule has 2 heterocycles. The van der Waals surface area contributed by atoms with Crippen molar-refractivity contribution in [2.75, 3.05) is 17.3 Å². The minimum Gasteiger partial charge on any atom is -0.267 e. The molecule has 1 aliphatic rings. The highest BCUT2D eigenvalue weighted by molar-refractivity contribution is 7.99. The summed E-state index contributed by atoms with van der Waals surface area (Å²) >= 11 is 1.54. The van der Waals surface area contributed by atoms with Gasteiger partial charge in [-0.1, -0.05) is 36.0 Å². The van der Waals surface area contributed by atoms with E-state index in [1.807, 2.05) is 31.2 Å². The number of aromatic nitrogens is 3. The maximum atomic E-state index is 13.1. The summed E-state index contributed by atoms with van der Waals surface area (Å²) in [6.45, 7) is 2.47. The Hall–Kier alpha value is -3.20. The number of aryl methyl sites for hydroxylation is 1. The Morgan fingerprint density at radius 2 is 1.89 bits per heavy atom. The second-order valence-corrected chi connectivity index (χ2v) is 7.08. The maximum Gasteiger partial charge on any atom is 0.272 e. The predicted molar refractivity (Wildman–Crippen MR) is 101 cm³/mol. The predicted octanol–water partition coefficient (Wildman–Crippen LogP) is 3.05. The number of nitrogens with zero attached hydrogens (tertiary/aromatic N) is 5. The van der Waals surface area contributed by atoms with Crippen LogP contribution in [0.5, 0.6) is 0 Å². The van der Waals surface area contributed by atoms with Crippen LogP contribution in [0.3, 0.4) is 0 Å². The summed E-state index contributed by atoms with van der Waals surface area (Å²) in [6.07, 6.45) is 0. The minimum atomic E-state index is -0.486. The molecular weight excluding hydrogens is 366 g/mol. The van der Waals surface area contributed by atoms with Gasteiger partial charge in [0.05, 0.1) is 11.5 Å². The quantitative estimate of drug-likeness (QED) is 0.511. The highest BCUT2D eigenvalue weighted by Gasteiger charge is 2.29. The summed E-state index contributed by atoms with van der Waals surface area (Å²) < 4.78 is 1.74. The van der Waals surface area contributed by atoms with Crippen molar-refractivity contribution in [3.05, 3.63) is 69.8 Å². The summed E-state index contributed by atoms with van der Waals surface area (Å²) in [4.78, 5) is 23.4. The normalized spacial score (nSPS) is 13.3. The highest BCUT2D eigenvalue weighted by atomic mass is 32.2. The molecule has 0 fully saturated rings. The standard InChI is InChI=1S/C18H15N5O3S/c1-12-4-2-3-5-15(12)16-19-20-18-22(16)21(10-11-27-18)17(24)13-6-8-14(9-7-13)23(25)26/h2-9H,10-11H2,1H3. The molecule has 0 spiro atoms. The average molecular weight is 381 g/mol. The van der Waals surface area contributed by atoms with E-state index in [2.05, 4.69) is 10.2 Å². The summed E-state index contributed by atoms with van der Waals surface area (Å²) in [5.74, 6) is 1.05. The molecule has 4 rings (SSSR count). The molecule has 8 nitrogen and oxygen atoms in total. The van der Waals surface area contributed by atoms with Crippen LogP contribution in [0.4, 0.5) is 5.69 Å². The van der Waals surface area contributed by atoms with E-state index in [9.17, 15) is 14.9 Å². The van der Waals surface area contributed by atoms with Crippen molar-refractivity contribution in [1.82, 2.24) is 14.9 Å². The van der Waals surface area contributed by atoms with Gasteiger partial charge in [0.25, 0.3) is 11.6 Å². The van der Waals surface area contributed by atoms with Crippen LogP contribution in [0, 0.1) is 17.0 Å². The average Bonchev–Trinajstić information content (AvgIpc) is 3.12. The molecule has 0 N–H and O–H groups in total. The van der Waals surface area contributed by atoms with Gasteiger partial charge in [-0.25, -0.2) is 9.69 Å². The van der Waals surface area contributed by atoms with Gasteiger partial charge in [0.15, 0.2) is 5.82 Å². The number of thioether (sulfide) groups is 1. The first-order chi connectivity index (χ1) is 13.1. The van der Waals surface area contributed by atoms with Gasteiger partial charge < -0.3 is 0 Å². The molecule has 1 amide bonds. The fourth-order valence-corrected chi connectivity index (χ4v) is 3.81. The molecule has 0 atom stereocenters. The van der Waals surface area contributed by atoms with Crippen molar-refractivity contribution < 1.29 is 9.72 Å². The van der Waals surface area contributed by atoms with Crippen molar-refractivity contribution in [3.8, 4) is 11.4 Å². The number of benzene rings is 2.